The fourth-order valence-electron chi connectivity index (χ4n) is 2.30. The third-order valence-corrected chi connectivity index (χ3v) is 4.47. The number of carbonyl (C=O) groups is 1. The molecule has 1 aliphatic rings. The molecule has 1 amide bonds. The van der Waals surface area contributed by atoms with E-state index in [1.807, 2.05) is 0 Å². The number of benzene rings is 1. The van der Waals surface area contributed by atoms with Crippen molar-refractivity contribution in [2.24, 2.45) is 0 Å². The Morgan fingerprint density at radius 1 is 1.28 bits per heavy atom. The quantitative estimate of drug-likeness (QED) is 0.717. The SMILES string of the molecule is O=C(c1cc(Br)ccc1Cl)N1CC(Oc2ccc(C(F)(F)F)cn2)C1. The van der Waals surface area contributed by atoms with Gasteiger partial charge in [-0.25, -0.2) is 4.98 Å². The molecule has 0 radical (unpaired) electrons. The van der Waals surface area contributed by atoms with Crippen molar-refractivity contribution in [2.45, 2.75) is 12.3 Å². The van der Waals surface area contributed by atoms with Crippen molar-refractivity contribution >= 4 is 33.4 Å². The molecule has 1 fully saturated rings. The Morgan fingerprint density at radius 3 is 2.60 bits per heavy atom. The molecule has 4 nitrogen and oxygen atoms in total. The third-order valence-electron chi connectivity index (χ3n) is 3.65. The molecule has 9 heteroatoms. The Hall–Kier alpha value is -1.80. The summed E-state index contributed by atoms with van der Waals surface area (Å²) in [4.78, 5) is 17.6. The molecule has 0 bridgehead atoms. The van der Waals surface area contributed by atoms with E-state index in [2.05, 4.69) is 20.9 Å². The van der Waals surface area contributed by atoms with Crippen molar-refractivity contribution < 1.29 is 22.7 Å². The van der Waals surface area contributed by atoms with Crippen LogP contribution in [0.5, 0.6) is 5.88 Å². The average molecular weight is 436 g/mol. The topological polar surface area (TPSA) is 42.4 Å². The van der Waals surface area contributed by atoms with E-state index in [-0.39, 0.29) is 17.9 Å². The minimum absolute atomic E-state index is 0.0885. The molecule has 0 N–H and O–H groups in total. The summed E-state index contributed by atoms with van der Waals surface area (Å²) in [5.74, 6) is -0.142. The van der Waals surface area contributed by atoms with Gasteiger partial charge in [0.25, 0.3) is 5.91 Å². The monoisotopic (exact) mass is 434 g/mol. The lowest BCUT2D eigenvalue weighted by Crippen LogP contribution is -2.56. The summed E-state index contributed by atoms with van der Waals surface area (Å²) >= 11 is 9.32. The van der Waals surface area contributed by atoms with Crippen LogP contribution in [0.1, 0.15) is 15.9 Å². The standard InChI is InChI=1S/C16H11BrClF3N2O2/c17-10-2-3-13(18)12(5-10)15(24)23-7-11(8-23)25-14-4-1-9(6-22-14)16(19,20)21/h1-6,11H,7-8H2. The lowest BCUT2D eigenvalue weighted by Gasteiger charge is -2.38. The molecule has 1 aromatic carbocycles. The predicted molar refractivity (Wildman–Crippen MR) is 88.7 cm³/mol. The maximum Gasteiger partial charge on any atom is 0.417 e. The van der Waals surface area contributed by atoms with E-state index < -0.39 is 11.7 Å². The van der Waals surface area contributed by atoms with Crippen LogP contribution in [0.15, 0.2) is 41.0 Å². The summed E-state index contributed by atoms with van der Waals surface area (Å²) in [6, 6.07) is 7.07. The van der Waals surface area contributed by atoms with Crippen LogP contribution >= 0.6 is 27.5 Å². The molecule has 0 saturated carbocycles. The highest BCUT2D eigenvalue weighted by Crippen LogP contribution is 2.30. The number of alkyl halides is 3. The number of halogens is 5. The second-order valence-corrected chi connectivity index (χ2v) is 6.78. The van der Waals surface area contributed by atoms with Gasteiger partial charge >= 0.3 is 6.18 Å². The third kappa shape index (κ3) is 4.07. The Kier molecular flexibility index (Phi) is 4.92. The van der Waals surface area contributed by atoms with Gasteiger partial charge in [0.1, 0.15) is 6.10 Å². The minimum atomic E-state index is -4.44. The molecular weight excluding hydrogens is 425 g/mol. The summed E-state index contributed by atoms with van der Waals surface area (Å²) in [5.41, 5.74) is -0.461. The maximum absolute atomic E-state index is 12.5. The van der Waals surface area contributed by atoms with Crippen LogP contribution in [0.3, 0.4) is 0 Å². The van der Waals surface area contributed by atoms with Crippen LogP contribution in [0, 0.1) is 0 Å². The second kappa shape index (κ2) is 6.84. The predicted octanol–water partition coefficient (Wildman–Crippen LogP) is 4.42. The van der Waals surface area contributed by atoms with E-state index in [1.54, 1.807) is 23.1 Å². The first-order chi connectivity index (χ1) is 11.7. The van der Waals surface area contributed by atoms with E-state index in [4.69, 9.17) is 16.3 Å². The largest absolute Gasteiger partial charge is 0.471 e. The highest BCUT2D eigenvalue weighted by molar-refractivity contribution is 9.10. The lowest BCUT2D eigenvalue weighted by molar-refractivity contribution is -0.137. The van der Waals surface area contributed by atoms with E-state index in [9.17, 15) is 18.0 Å². The van der Waals surface area contributed by atoms with E-state index in [0.717, 1.165) is 16.7 Å². The zero-order valence-electron chi connectivity index (χ0n) is 12.6. The summed E-state index contributed by atoms with van der Waals surface area (Å²) in [5, 5.41) is 0.349. The minimum Gasteiger partial charge on any atom is -0.471 e. The summed E-state index contributed by atoms with van der Waals surface area (Å²) in [6.45, 7) is 0.620. The number of hydrogen-bond acceptors (Lipinski definition) is 3. The summed E-state index contributed by atoms with van der Waals surface area (Å²) < 4.78 is 43.7. The first-order valence-electron chi connectivity index (χ1n) is 7.18. The van der Waals surface area contributed by atoms with Crippen LogP contribution in [-0.2, 0) is 6.18 Å². The zero-order valence-corrected chi connectivity index (χ0v) is 14.9. The molecule has 1 aromatic heterocycles. The molecule has 0 unspecified atom stereocenters. The van der Waals surface area contributed by atoms with Crippen molar-refractivity contribution in [3.8, 4) is 5.88 Å². The van der Waals surface area contributed by atoms with Gasteiger partial charge in [0, 0.05) is 16.7 Å². The molecule has 0 spiro atoms. The molecule has 0 aliphatic carbocycles. The van der Waals surface area contributed by atoms with Gasteiger partial charge in [-0.05, 0) is 24.3 Å². The van der Waals surface area contributed by atoms with Gasteiger partial charge in [-0.1, -0.05) is 27.5 Å². The van der Waals surface area contributed by atoms with Crippen LogP contribution < -0.4 is 4.74 Å². The number of nitrogens with zero attached hydrogens (tertiary/aromatic N) is 2. The van der Waals surface area contributed by atoms with Crippen molar-refractivity contribution in [2.75, 3.05) is 13.1 Å². The fraction of sp³-hybridized carbons (Fsp3) is 0.250. The van der Waals surface area contributed by atoms with Gasteiger partial charge in [-0.15, -0.1) is 0 Å². The van der Waals surface area contributed by atoms with Gasteiger partial charge < -0.3 is 9.64 Å². The van der Waals surface area contributed by atoms with Crippen LogP contribution in [0.25, 0.3) is 0 Å². The molecule has 2 heterocycles. The van der Waals surface area contributed by atoms with Crippen LogP contribution in [0.2, 0.25) is 5.02 Å². The van der Waals surface area contributed by atoms with E-state index in [1.165, 1.54) is 6.07 Å². The molecule has 25 heavy (non-hydrogen) atoms. The average Bonchev–Trinajstić information content (AvgIpc) is 2.52. The fourth-order valence-corrected chi connectivity index (χ4v) is 2.86. The van der Waals surface area contributed by atoms with Gasteiger partial charge in [-0.2, -0.15) is 13.2 Å². The van der Waals surface area contributed by atoms with Crippen molar-refractivity contribution in [3.05, 3.63) is 57.2 Å². The van der Waals surface area contributed by atoms with Gasteiger partial charge in [-0.3, -0.25) is 4.79 Å². The Morgan fingerprint density at radius 2 is 2.00 bits per heavy atom. The Labute approximate surface area is 154 Å². The van der Waals surface area contributed by atoms with Gasteiger partial charge in [0.2, 0.25) is 5.88 Å². The summed E-state index contributed by atoms with van der Waals surface area (Å²) in [6.07, 6.45) is -4.04. The Bertz CT molecular complexity index is 793. The normalized spacial score (nSPS) is 15.0. The van der Waals surface area contributed by atoms with E-state index in [0.29, 0.717) is 23.7 Å². The molecular formula is C16H11BrClF3N2O2. The van der Waals surface area contributed by atoms with Crippen LogP contribution in [-0.4, -0.2) is 35.0 Å². The van der Waals surface area contributed by atoms with Gasteiger partial charge in [0.05, 0.1) is 29.2 Å². The number of hydrogen-bond donors (Lipinski definition) is 0. The Balaban J connectivity index is 1.57. The molecule has 1 aliphatic heterocycles. The number of rotatable bonds is 3. The molecule has 0 atom stereocenters. The molecule has 2 aromatic rings. The van der Waals surface area contributed by atoms with Crippen LogP contribution in [0.4, 0.5) is 13.2 Å². The highest BCUT2D eigenvalue weighted by atomic mass is 79.9. The van der Waals surface area contributed by atoms with Gasteiger partial charge in [0.15, 0.2) is 0 Å². The molecule has 132 valence electrons. The number of amides is 1. The first kappa shape index (κ1) is 18.0. The zero-order chi connectivity index (χ0) is 18.2. The first-order valence-corrected chi connectivity index (χ1v) is 8.35. The van der Waals surface area contributed by atoms with E-state index >= 15 is 0 Å². The second-order valence-electron chi connectivity index (χ2n) is 5.46. The number of ether oxygens (including phenoxy) is 1. The molecule has 3 rings (SSSR count). The lowest BCUT2D eigenvalue weighted by atomic mass is 10.1. The van der Waals surface area contributed by atoms with Crippen molar-refractivity contribution in [3.63, 3.8) is 0 Å². The van der Waals surface area contributed by atoms with Crippen molar-refractivity contribution in [1.29, 1.82) is 0 Å². The maximum atomic E-state index is 12.5. The summed E-state index contributed by atoms with van der Waals surface area (Å²) in [7, 11) is 0. The van der Waals surface area contributed by atoms with Crippen molar-refractivity contribution in [1.82, 2.24) is 9.88 Å². The number of aromatic nitrogens is 1. The molecule has 1 saturated heterocycles. The number of pyridine rings is 1. The smallest absolute Gasteiger partial charge is 0.417 e. The number of carbonyl (C=O) groups excluding carboxylic acids is 1. The highest BCUT2D eigenvalue weighted by Gasteiger charge is 2.34. The number of likely N-dealkylation sites (tertiary alicyclic amines) is 1.